The summed E-state index contributed by atoms with van der Waals surface area (Å²) in [5.41, 5.74) is 5.37. The van der Waals surface area contributed by atoms with Crippen molar-refractivity contribution < 1.29 is 9.15 Å². The molecule has 1 aromatic carbocycles. The van der Waals surface area contributed by atoms with E-state index in [-0.39, 0.29) is 6.08 Å². The third-order valence-corrected chi connectivity index (χ3v) is 2.00. The average molecular weight is 255 g/mol. The molecule has 14 heavy (non-hydrogen) atoms. The molecule has 5 heteroatoms. The highest BCUT2D eigenvalue weighted by Gasteiger charge is 2.03. The maximum absolute atomic E-state index is 5.37. The van der Waals surface area contributed by atoms with Crippen molar-refractivity contribution in [1.82, 2.24) is 4.98 Å². The van der Waals surface area contributed by atoms with Gasteiger partial charge in [-0.05, 0) is 18.2 Å². The second kappa shape index (κ2) is 3.71. The van der Waals surface area contributed by atoms with Crippen LogP contribution in [0.2, 0.25) is 0 Å². The number of benzene rings is 1. The predicted molar refractivity (Wildman–Crippen MR) is 55.1 cm³/mol. The van der Waals surface area contributed by atoms with Gasteiger partial charge in [-0.15, -0.1) is 0 Å². The summed E-state index contributed by atoms with van der Waals surface area (Å²) in [5, 5.41) is 0. The lowest BCUT2D eigenvalue weighted by molar-refractivity contribution is 0.330. The summed E-state index contributed by atoms with van der Waals surface area (Å²) in [4.78, 5) is 3.81. The van der Waals surface area contributed by atoms with E-state index in [2.05, 4.69) is 20.9 Å². The normalized spacial score (nSPS) is 10.1. The molecule has 0 atom stereocenters. The molecule has 0 saturated heterocycles. The Bertz CT molecular complexity index is 442. The molecule has 1 aromatic heterocycles. The van der Waals surface area contributed by atoms with E-state index >= 15 is 0 Å². The zero-order chi connectivity index (χ0) is 9.97. The van der Waals surface area contributed by atoms with E-state index < -0.39 is 0 Å². The fourth-order valence-corrected chi connectivity index (χ4v) is 1.33. The smallest absolute Gasteiger partial charge is 0.401 e. The fraction of sp³-hybridized carbons (Fsp3) is 0. The predicted octanol–water partition coefficient (Wildman–Crippen LogP) is 2.81. The fourth-order valence-electron chi connectivity index (χ4n) is 0.947. The Morgan fingerprint density at radius 1 is 1.43 bits per heavy atom. The van der Waals surface area contributed by atoms with E-state index in [1.165, 1.54) is 6.26 Å². The molecule has 0 saturated carbocycles. The van der Waals surface area contributed by atoms with Crippen molar-refractivity contribution in [2.45, 2.75) is 0 Å². The molecule has 0 unspecified atom stereocenters. The first-order chi connectivity index (χ1) is 6.74. The third kappa shape index (κ3) is 2.05. The number of nitrogens with zero attached hydrogens (tertiary/aromatic N) is 1. The number of hydrogen-bond acceptors (Lipinski definition) is 4. The number of anilines is 1. The highest BCUT2D eigenvalue weighted by atomic mass is 79.9. The lowest BCUT2D eigenvalue weighted by atomic mass is 10.3. The number of aromatic nitrogens is 1. The van der Waals surface area contributed by atoms with Crippen molar-refractivity contribution in [2.75, 3.05) is 5.73 Å². The van der Waals surface area contributed by atoms with Gasteiger partial charge in [0, 0.05) is 4.47 Å². The molecule has 4 nitrogen and oxygen atoms in total. The van der Waals surface area contributed by atoms with Crippen LogP contribution in [0.5, 0.6) is 11.8 Å². The monoisotopic (exact) mass is 254 g/mol. The third-order valence-electron chi connectivity index (χ3n) is 1.50. The molecule has 0 aliphatic heterocycles. The van der Waals surface area contributed by atoms with E-state index in [4.69, 9.17) is 14.9 Å². The summed E-state index contributed by atoms with van der Waals surface area (Å²) in [7, 11) is 0. The van der Waals surface area contributed by atoms with Gasteiger partial charge in [-0.25, -0.2) is 0 Å². The number of nitrogen functional groups attached to an aromatic ring is 1. The van der Waals surface area contributed by atoms with Gasteiger partial charge in [-0.1, -0.05) is 22.0 Å². The van der Waals surface area contributed by atoms with Crippen LogP contribution < -0.4 is 10.5 Å². The van der Waals surface area contributed by atoms with Crippen molar-refractivity contribution in [3.05, 3.63) is 35.0 Å². The van der Waals surface area contributed by atoms with Gasteiger partial charge in [0.15, 0.2) is 5.82 Å². The van der Waals surface area contributed by atoms with Gasteiger partial charge in [-0.3, -0.25) is 0 Å². The van der Waals surface area contributed by atoms with E-state index in [0.29, 0.717) is 11.6 Å². The van der Waals surface area contributed by atoms with E-state index in [1.54, 1.807) is 12.1 Å². The van der Waals surface area contributed by atoms with Crippen LogP contribution in [0, 0.1) is 0 Å². The maximum atomic E-state index is 5.37. The second-order valence-electron chi connectivity index (χ2n) is 2.60. The van der Waals surface area contributed by atoms with Crippen LogP contribution in [-0.2, 0) is 0 Å². The minimum absolute atomic E-state index is 0.139. The van der Waals surface area contributed by atoms with Crippen LogP contribution in [0.4, 0.5) is 5.82 Å². The first-order valence-corrected chi connectivity index (χ1v) is 4.68. The van der Waals surface area contributed by atoms with Crippen LogP contribution in [-0.4, -0.2) is 4.98 Å². The number of hydrogen-bond donors (Lipinski definition) is 1. The molecular formula is C9H7BrN2O2. The van der Waals surface area contributed by atoms with Crippen molar-refractivity contribution in [1.29, 1.82) is 0 Å². The summed E-state index contributed by atoms with van der Waals surface area (Å²) in [6.45, 7) is 0. The van der Waals surface area contributed by atoms with Crippen molar-refractivity contribution in [3.8, 4) is 11.8 Å². The highest BCUT2D eigenvalue weighted by Crippen LogP contribution is 2.23. The van der Waals surface area contributed by atoms with Crippen LogP contribution >= 0.6 is 15.9 Å². The van der Waals surface area contributed by atoms with Gasteiger partial charge in [0.25, 0.3) is 0 Å². The molecule has 2 N–H and O–H groups in total. The summed E-state index contributed by atoms with van der Waals surface area (Å²) >= 11 is 3.32. The van der Waals surface area contributed by atoms with Crippen LogP contribution in [0.1, 0.15) is 0 Å². The summed E-state index contributed by atoms with van der Waals surface area (Å²) < 4.78 is 11.2. The van der Waals surface area contributed by atoms with Crippen LogP contribution in [0.25, 0.3) is 0 Å². The molecule has 0 spiro atoms. The molecular weight excluding hydrogens is 248 g/mol. The summed E-state index contributed by atoms with van der Waals surface area (Å²) in [5.74, 6) is 0.941. The number of halogens is 1. The maximum Gasteiger partial charge on any atom is 0.401 e. The van der Waals surface area contributed by atoms with Crippen molar-refractivity contribution >= 4 is 21.7 Å². The molecule has 1 heterocycles. The van der Waals surface area contributed by atoms with E-state index in [0.717, 1.165) is 4.47 Å². The Morgan fingerprint density at radius 3 is 2.93 bits per heavy atom. The van der Waals surface area contributed by atoms with Gasteiger partial charge in [0.1, 0.15) is 12.0 Å². The van der Waals surface area contributed by atoms with Crippen LogP contribution in [0.3, 0.4) is 0 Å². The molecule has 2 aromatic rings. The minimum atomic E-state index is 0.139. The van der Waals surface area contributed by atoms with Gasteiger partial charge >= 0.3 is 6.08 Å². The molecule has 0 fully saturated rings. The van der Waals surface area contributed by atoms with Crippen molar-refractivity contribution in [3.63, 3.8) is 0 Å². The highest BCUT2D eigenvalue weighted by molar-refractivity contribution is 9.10. The molecule has 0 amide bonds. The summed E-state index contributed by atoms with van der Waals surface area (Å²) in [6, 6.07) is 7.36. The molecule has 0 radical (unpaired) electrons. The van der Waals surface area contributed by atoms with E-state index in [9.17, 15) is 0 Å². The number of nitrogens with two attached hydrogens (primary N) is 1. The lowest BCUT2D eigenvalue weighted by Gasteiger charge is -1.99. The Labute approximate surface area is 88.8 Å². The number of ether oxygens (including phenoxy) is 1. The molecule has 0 bridgehead atoms. The Kier molecular flexibility index (Phi) is 2.41. The lowest BCUT2D eigenvalue weighted by Crippen LogP contribution is -1.86. The topological polar surface area (TPSA) is 61.3 Å². The second-order valence-corrected chi connectivity index (χ2v) is 3.51. The Morgan fingerprint density at radius 2 is 2.29 bits per heavy atom. The summed E-state index contributed by atoms with van der Waals surface area (Å²) in [6.07, 6.45) is 1.47. The standard InChI is InChI=1S/C9H7BrN2O2/c10-6-2-1-3-7(4-6)14-9-12-8(11)5-13-9/h1-5H,11H2. The first kappa shape index (κ1) is 9.08. The van der Waals surface area contributed by atoms with Gasteiger partial charge in [0.2, 0.25) is 0 Å². The van der Waals surface area contributed by atoms with Crippen molar-refractivity contribution in [2.24, 2.45) is 0 Å². The minimum Gasteiger partial charge on any atom is -0.415 e. The largest absolute Gasteiger partial charge is 0.415 e. The van der Waals surface area contributed by atoms with E-state index in [1.807, 2.05) is 12.1 Å². The van der Waals surface area contributed by atoms with Crippen LogP contribution in [0.15, 0.2) is 39.4 Å². The quantitative estimate of drug-likeness (QED) is 0.896. The van der Waals surface area contributed by atoms with Gasteiger partial charge in [-0.2, -0.15) is 4.98 Å². The Balaban J connectivity index is 2.18. The zero-order valence-corrected chi connectivity index (χ0v) is 8.69. The molecule has 0 aliphatic carbocycles. The first-order valence-electron chi connectivity index (χ1n) is 3.88. The number of rotatable bonds is 2. The van der Waals surface area contributed by atoms with Gasteiger partial charge < -0.3 is 14.9 Å². The molecule has 0 aliphatic rings. The Hall–Kier alpha value is -1.49. The number of oxazole rings is 1. The average Bonchev–Trinajstić information content (AvgIpc) is 2.51. The van der Waals surface area contributed by atoms with Gasteiger partial charge in [0.05, 0.1) is 0 Å². The zero-order valence-electron chi connectivity index (χ0n) is 7.11. The molecule has 2 rings (SSSR count). The SMILES string of the molecule is Nc1coc(Oc2cccc(Br)c2)n1. The molecule has 72 valence electrons.